The summed E-state index contributed by atoms with van der Waals surface area (Å²) in [5.41, 5.74) is -0.870. The Balaban J connectivity index is 2.47. The number of benzene rings is 1. The lowest BCUT2D eigenvalue weighted by Crippen LogP contribution is -2.07. The van der Waals surface area contributed by atoms with E-state index in [1.807, 2.05) is 0 Å². The molecule has 0 bridgehead atoms. The van der Waals surface area contributed by atoms with E-state index >= 15 is 0 Å². The average molecular weight is 258 g/mol. The van der Waals surface area contributed by atoms with Crippen LogP contribution in [0.25, 0.3) is 5.69 Å². The first kappa shape index (κ1) is 12.3. The molecule has 0 unspecified atom stereocenters. The summed E-state index contributed by atoms with van der Waals surface area (Å²) < 4.78 is 43.0. The number of nitrogens with zero attached hydrogens (tertiary/aromatic N) is 2. The van der Waals surface area contributed by atoms with Crippen molar-refractivity contribution in [2.45, 2.75) is 6.18 Å². The Morgan fingerprint density at radius 2 is 2.00 bits per heavy atom. The smallest absolute Gasteiger partial charge is 0.435 e. The second kappa shape index (κ2) is 4.25. The molecule has 2 aromatic rings. The molecule has 0 radical (unpaired) electrons. The Labute approximate surface area is 100 Å². The van der Waals surface area contributed by atoms with Crippen LogP contribution in [0.1, 0.15) is 5.69 Å². The quantitative estimate of drug-likeness (QED) is 0.900. The summed E-state index contributed by atoms with van der Waals surface area (Å²) >= 11 is 0. The van der Waals surface area contributed by atoms with Gasteiger partial charge in [0.15, 0.2) is 5.69 Å². The van der Waals surface area contributed by atoms with E-state index in [4.69, 9.17) is 4.74 Å². The maximum absolute atomic E-state index is 12.4. The van der Waals surface area contributed by atoms with Gasteiger partial charge in [0.05, 0.1) is 12.8 Å². The van der Waals surface area contributed by atoms with E-state index in [2.05, 4.69) is 5.10 Å². The molecular weight excluding hydrogens is 249 g/mol. The van der Waals surface area contributed by atoms with Crippen LogP contribution in [-0.4, -0.2) is 22.0 Å². The number of aromatic nitrogens is 2. The lowest BCUT2D eigenvalue weighted by atomic mass is 10.3. The number of alkyl halides is 3. The topological polar surface area (TPSA) is 47.3 Å². The van der Waals surface area contributed by atoms with Crippen molar-refractivity contribution in [3.05, 3.63) is 36.0 Å². The second-order valence-electron chi connectivity index (χ2n) is 3.50. The molecule has 0 atom stereocenters. The minimum absolute atomic E-state index is 0.280. The maximum atomic E-state index is 12.4. The molecule has 2 rings (SSSR count). The van der Waals surface area contributed by atoms with Gasteiger partial charge < -0.3 is 9.84 Å². The van der Waals surface area contributed by atoms with Gasteiger partial charge in [0.1, 0.15) is 5.75 Å². The predicted molar refractivity (Wildman–Crippen MR) is 56.8 cm³/mol. The second-order valence-corrected chi connectivity index (χ2v) is 3.50. The number of hydrogen-bond donors (Lipinski definition) is 1. The van der Waals surface area contributed by atoms with Crippen LogP contribution in [0.15, 0.2) is 30.3 Å². The van der Waals surface area contributed by atoms with E-state index in [0.717, 1.165) is 4.68 Å². The minimum Gasteiger partial charge on any atom is -0.497 e. The normalized spacial score (nSPS) is 11.6. The number of ether oxygens (including phenoxy) is 1. The van der Waals surface area contributed by atoms with Gasteiger partial charge in [-0.25, -0.2) is 4.68 Å². The molecule has 7 heteroatoms. The summed E-state index contributed by atoms with van der Waals surface area (Å²) in [6.45, 7) is 0. The van der Waals surface area contributed by atoms with Gasteiger partial charge in [-0.1, -0.05) is 6.07 Å². The number of rotatable bonds is 2. The Kier molecular flexibility index (Phi) is 2.90. The van der Waals surface area contributed by atoms with Gasteiger partial charge in [-0.05, 0) is 12.1 Å². The molecule has 1 heterocycles. The first-order chi connectivity index (χ1) is 8.41. The summed E-state index contributed by atoms with van der Waals surface area (Å²) in [6, 6.07) is 6.76. The van der Waals surface area contributed by atoms with Crippen molar-refractivity contribution in [2.24, 2.45) is 0 Å². The zero-order chi connectivity index (χ0) is 13.3. The van der Waals surface area contributed by atoms with Crippen molar-refractivity contribution in [1.29, 1.82) is 0 Å². The Morgan fingerprint density at radius 3 is 2.56 bits per heavy atom. The highest BCUT2D eigenvalue weighted by Gasteiger charge is 2.35. The first-order valence-corrected chi connectivity index (χ1v) is 4.92. The molecule has 0 amide bonds. The Bertz CT molecular complexity index is 564. The van der Waals surface area contributed by atoms with Crippen LogP contribution in [0.5, 0.6) is 11.6 Å². The van der Waals surface area contributed by atoms with Gasteiger partial charge in [0, 0.05) is 12.1 Å². The number of aromatic hydroxyl groups is 1. The zero-order valence-electron chi connectivity index (χ0n) is 9.27. The molecule has 0 aliphatic heterocycles. The van der Waals surface area contributed by atoms with Gasteiger partial charge in [0.25, 0.3) is 0 Å². The van der Waals surface area contributed by atoms with E-state index in [1.54, 1.807) is 12.1 Å². The van der Waals surface area contributed by atoms with Gasteiger partial charge in [-0.3, -0.25) is 0 Å². The largest absolute Gasteiger partial charge is 0.497 e. The third kappa shape index (κ3) is 2.24. The van der Waals surface area contributed by atoms with Crippen molar-refractivity contribution in [3.8, 4) is 17.3 Å². The summed E-state index contributed by atoms with van der Waals surface area (Å²) in [6.07, 6.45) is -4.60. The number of hydrogen-bond acceptors (Lipinski definition) is 3. The lowest BCUT2D eigenvalue weighted by molar-refractivity contribution is -0.141. The zero-order valence-corrected chi connectivity index (χ0v) is 9.27. The van der Waals surface area contributed by atoms with E-state index in [9.17, 15) is 18.3 Å². The van der Waals surface area contributed by atoms with Gasteiger partial charge in [-0.15, -0.1) is 0 Å². The van der Waals surface area contributed by atoms with Crippen molar-refractivity contribution >= 4 is 0 Å². The number of methoxy groups -OCH3 is 1. The molecule has 96 valence electrons. The molecule has 0 spiro atoms. The fraction of sp³-hybridized carbons (Fsp3) is 0.182. The predicted octanol–water partition coefficient (Wildman–Crippen LogP) is 2.61. The minimum atomic E-state index is -4.60. The molecule has 18 heavy (non-hydrogen) atoms. The standard InChI is InChI=1S/C11H9F3N2O2/c1-18-8-4-2-3-7(5-8)16-10(17)6-9(15-16)11(12,13)14/h2-6,17H,1H3. The molecule has 4 nitrogen and oxygen atoms in total. The van der Waals surface area contributed by atoms with Gasteiger partial charge >= 0.3 is 6.18 Å². The summed E-state index contributed by atoms with van der Waals surface area (Å²) in [7, 11) is 1.43. The summed E-state index contributed by atoms with van der Waals surface area (Å²) in [5, 5.41) is 12.8. The fourth-order valence-electron chi connectivity index (χ4n) is 1.44. The molecule has 1 N–H and O–H groups in total. The van der Waals surface area contributed by atoms with Crippen LogP contribution < -0.4 is 4.74 Å². The number of halogens is 3. The van der Waals surface area contributed by atoms with Crippen molar-refractivity contribution in [2.75, 3.05) is 7.11 Å². The van der Waals surface area contributed by atoms with E-state index in [1.165, 1.54) is 19.2 Å². The summed E-state index contributed by atoms with van der Waals surface area (Å²) in [5.74, 6) is -0.133. The lowest BCUT2D eigenvalue weighted by Gasteiger charge is -2.05. The third-order valence-electron chi connectivity index (χ3n) is 2.28. The summed E-state index contributed by atoms with van der Waals surface area (Å²) in [4.78, 5) is 0. The van der Waals surface area contributed by atoms with E-state index in [0.29, 0.717) is 11.8 Å². The first-order valence-electron chi connectivity index (χ1n) is 4.92. The van der Waals surface area contributed by atoms with Crippen LogP contribution in [0.2, 0.25) is 0 Å². The molecule has 0 saturated carbocycles. The molecule has 0 aliphatic carbocycles. The monoisotopic (exact) mass is 258 g/mol. The molecule has 0 aliphatic rings. The van der Waals surface area contributed by atoms with Crippen molar-refractivity contribution in [1.82, 2.24) is 9.78 Å². The van der Waals surface area contributed by atoms with E-state index < -0.39 is 17.8 Å². The highest BCUT2D eigenvalue weighted by molar-refractivity contribution is 5.41. The average Bonchev–Trinajstić information content (AvgIpc) is 2.71. The van der Waals surface area contributed by atoms with Crippen molar-refractivity contribution < 1.29 is 23.0 Å². The third-order valence-corrected chi connectivity index (χ3v) is 2.28. The SMILES string of the molecule is COc1cccc(-n2nc(C(F)(F)F)cc2O)c1. The molecule has 0 saturated heterocycles. The van der Waals surface area contributed by atoms with Crippen LogP contribution >= 0.6 is 0 Å². The van der Waals surface area contributed by atoms with Crippen LogP contribution in [0.4, 0.5) is 13.2 Å². The Morgan fingerprint density at radius 1 is 1.28 bits per heavy atom. The van der Waals surface area contributed by atoms with Crippen LogP contribution in [-0.2, 0) is 6.18 Å². The van der Waals surface area contributed by atoms with E-state index in [-0.39, 0.29) is 5.69 Å². The van der Waals surface area contributed by atoms with Crippen LogP contribution in [0.3, 0.4) is 0 Å². The highest BCUT2D eigenvalue weighted by atomic mass is 19.4. The molecule has 0 fully saturated rings. The van der Waals surface area contributed by atoms with Gasteiger partial charge in [0.2, 0.25) is 5.88 Å². The highest BCUT2D eigenvalue weighted by Crippen LogP contribution is 2.31. The van der Waals surface area contributed by atoms with Crippen LogP contribution in [0, 0.1) is 0 Å². The fourth-order valence-corrected chi connectivity index (χ4v) is 1.44. The van der Waals surface area contributed by atoms with Crippen molar-refractivity contribution in [3.63, 3.8) is 0 Å². The Hall–Kier alpha value is -2.18. The van der Waals surface area contributed by atoms with Gasteiger partial charge in [-0.2, -0.15) is 18.3 Å². The molecule has 1 aromatic heterocycles. The molecular formula is C11H9F3N2O2. The molecule has 1 aromatic carbocycles. The maximum Gasteiger partial charge on any atom is 0.435 e.